The molecule has 2 nitrogen and oxygen atoms in total. The summed E-state index contributed by atoms with van der Waals surface area (Å²) in [6.07, 6.45) is 2.21. The topological polar surface area (TPSA) is 21.3 Å². The van der Waals surface area contributed by atoms with Crippen LogP contribution in [0.25, 0.3) is 0 Å². The van der Waals surface area contributed by atoms with Crippen LogP contribution in [0.4, 0.5) is 0 Å². The van der Waals surface area contributed by atoms with Crippen molar-refractivity contribution in [1.82, 2.24) is 5.32 Å². The second-order valence-electron chi connectivity index (χ2n) is 5.53. The summed E-state index contributed by atoms with van der Waals surface area (Å²) in [6, 6.07) is 16.9. The van der Waals surface area contributed by atoms with E-state index in [2.05, 4.69) is 55.6 Å². The Balaban J connectivity index is 1.52. The molecule has 0 radical (unpaired) electrons. The van der Waals surface area contributed by atoms with Crippen LogP contribution in [0.15, 0.2) is 48.5 Å². The summed E-state index contributed by atoms with van der Waals surface area (Å²) in [5.41, 5.74) is 3.92. The highest BCUT2D eigenvalue weighted by Crippen LogP contribution is 2.11. The summed E-state index contributed by atoms with van der Waals surface area (Å²) in [7, 11) is 0. The van der Waals surface area contributed by atoms with Gasteiger partial charge in [0, 0.05) is 6.54 Å². The monoisotopic (exact) mass is 283 g/mol. The Morgan fingerprint density at radius 3 is 2.10 bits per heavy atom. The van der Waals surface area contributed by atoms with E-state index in [0.717, 1.165) is 38.3 Å². The number of ether oxygens (including phenoxy) is 1. The lowest BCUT2D eigenvalue weighted by Gasteiger charge is -2.07. The van der Waals surface area contributed by atoms with Crippen LogP contribution in [0.1, 0.15) is 29.5 Å². The molecule has 0 saturated heterocycles. The SMILES string of the molecule is Cc1ccc(CNCCCCOc2ccc(C)cc2)cc1. The van der Waals surface area contributed by atoms with Crippen LogP contribution < -0.4 is 10.1 Å². The van der Waals surface area contributed by atoms with Gasteiger partial charge in [-0.15, -0.1) is 0 Å². The van der Waals surface area contributed by atoms with E-state index in [1.807, 2.05) is 12.1 Å². The molecule has 2 rings (SSSR count). The van der Waals surface area contributed by atoms with Crippen molar-refractivity contribution in [3.63, 3.8) is 0 Å². The number of rotatable bonds is 8. The largest absolute Gasteiger partial charge is 0.494 e. The molecule has 0 unspecified atom stereocenters. The summed E-state index contributed by atoms with van der Waals surface area (Å²) in [5, 5.41) is 3.47. The second kappa shape index (κ2) is 8.48. The molecule has 0 atom stereocenters. The van der Waals surface area contributed by atoms with Crippen LogP contribution in [0, 0.1) is 13.8 Å². The lowest BCUT2D eigenvalue weighted by Crippen LogP contribution is -2.15. The highest BCUT2D eigenvalue weighted by Gasteiger charge is 1.95. The first-order valence-corrected chi connectivity index (χ1v) is 7.70. The van der Waals surface area contributed by atoms with Crippen molar-refractivity contribution < 1.29 is 4.74 Å². The number of nitrogens with one attached hydrogen (secondary N) is 1. The van der Waals surface area contributed by atoms with Crippen molar-refractivity contribution in [2.45, 2.75) is 33.2 Å². The smallest absolute Gasteiger partial charge is 0.119 e. The third-order valence-corrected chi connectivity index (χ3v) is 3.49. The fourth-order valence-electron chi connectivity index (χ4n) is 2.12. The van der Waals surface area contributed by atoms with Crippen LogP contribution in [-0.4, -0.2) is 13.2 Å². The molecule has 1 N–H and O–H groups in total. The third kappa shape index (κ3) is 6.01. The van der Waals surface area contributed by atoms with Gasteiger partial charge >= 0.3 is 0 Å². The Labute approximate surface area is 128 Å². The molecule has 2 heteroatoms. The van der Waals surface area contributed by atoms with E-state index < -0.39 is 0 Å². The average Bonchev–Trinajstić information content (AvgIpc) is 2.50. The summed E-state index contributed by atoms with van der Waals surface area (Å²) in [6.45, 7) is 6.97. The summed E-state index contributed by atoms with van der Waals surface area (Å²) in [4.78, 5) is 0. The van der Waals surface area contributed by atoms with E-state index in [0.29, 0.717) is 0 Å². The van der Waals surface area contributed by atoms with Gasteiger partial charge in [-0.25, -0.2) is 0 Å². The highest BCUT2D eigenvalue weighted by atomic mass is 16.5. The molecular formula is C19H25NO. The number of unbranched alkanes of at least 4 members (excludes halogenated alkanes) is 1. The second-order valence-corrected chi connectivity index (χ2v) is 5.53. The van der Waals surface area contributed by atoms with Crippen molar-refractivity contribution in [3.8, 4) is 5.75 Å². The molecule has 0 spiro atoms. The molecule has 0 bridgehead atoms. The van der Waals surface area contributed by atoms with Crippen LogP contribution in [-0.2, 0) is 6.54 Å². The molecule has 0 aliphatic rings. The first-order valence-electron chi connectivity index (χ1n) is 7.70. The molecule has 0 heterocycles. The average molecular weight is 283 g/mol. The molecular weight excluding hydrogens is 258 g/mol. The molecule has 0 aliphatic carbocycles. The molecule has 0 aromatic heterocycles. The van der Waals surface area contributed by atoms with Crippen LogP contribution in [0.2, 0.25) is 0 Å². The Bertz CT molecular complexity index is 467. The van der Waals surface area contributed by atoms with E-state index in [1.165, 1.54) is 16.7 Å². The first-order chi connectivity index (χ1) is 10.2. The fraction of sp³-hybridized carbons (Fsp3) is 0.368. The highest BCUT2D eigenvalue weighted by molar-refractivity contribution is 5.26. The van der Waals surface area contributed by atoms with Gasteiger partial charge in [0.15, 0.2) is 0 Å². The summed E-state index contributed by atoms with van der Waals surface area (Å²) < 4.78 is 5.71. The summed E-state index contributed by atoms with van der Waals surface area (Å²) >= 11 is 0. The van der Waals surface area contributed by atoms with Crippen LogP contribution in [0.5, 0.6) is 5.75 Å². The Hall–Kier alpha value is -1.80. The van der Waals surface area contributed by atoms with Crippen LogP contribution in [0.3, 0.4) is 0 Å². The van der Waals surface area contributed by atoms with Gasteiger partial charge in [0.25, 0.3) is 0 Å². The molecule has 0 saturated carbocycles. The first kappa shape index (κ1) is 15.6. The van der Waals surface area contributed by atoms with Gasteiger partial charge in [0.1, 0.15) is 5.75 Å². The fourth-order valence-corrected chi connectivity index (χ4v) is 2.12. The van der Waals surface area contributed by atoms with Crippen molar-refractivity contribution in [2.75, 3.05) is 13.2 Å². The zero-order valence-electron chi connectivity index (χ0n) is 13.1. The third-order valence-electron chi connectivity index (χ3n) is 3.49. The molecule has 0 amide bonds. The lowest BCUT2D eigenvalue weighted by atomic mass is 10.1. The maximum Gasteiger partial charge on any atom is 0.119 e. The number of hydrogen-bond acceptors (Lipinski definition) is 2. The molecule has 21 heavy (non-hydrogen) atoms. The molecule has 0 aliphatic heterocycles. The molecule has 2 aromatic rings. The van der Waals surface area contributed by atoms with Crippen molar-refractivity contribution in [1.29, 1.82) is 0 Å². The van der Waals surface area contributed by atoms with Crippen molar-refractivity contribution in [3.05, 3.63) is 65.2 Å². The normalized spacial score (nSPS) is 10.6. The van der Waals surface area contributed by atoms with Gasteiger partial charge in [-0.2, -0.15) is 0 Å². The molecule has 0 fully saturated rings. The lowest BCUT2D eigenvalue weighted by molar-refractivity contribution is 0.305. The Morgan fingerprint density at radius 1 is 0.810 bits per heavy atom. The van der Waals surface area contributed by atoms with Gasteiger partial charge in [0.2, 0.25) is 0 Å². The maximum atomic E-state index is 5.71. The van der Waals surface area contributed by atoms with Gasteiger partial charge in [-0.3, -0.25) is 0 Å². The quantitative estimate of drug-likeness (QED) is 0.731. The van der Waals surface area contributed by atoms with Gasteiger partial charge in [0.05, 0.1) is 6.61 Å². The zero-order valence-corrected chi connectivity index (χ0v) is 13.1. The minimum Gasteiger partial charge on any atom is -0.494 e. The van der Waals surface area contributed by atoms with E-state index in [4.69, 9.17) is 4.74 Å². The molecule has 2 aromatic carbocycles. The van der Waals surface area contributed by atoms with Crippen molar-refractivity contribution in [2.24, 2.45) is 0 Å². The standard InChI is InChI=1S/C19H25NO/c1-16-5-9-18(10-6-16)15-20-13-3-4-14-21-19-11-7-17(2)8-12-19/h5-12,20H,3-4,13-15H2,1-2H3. The Kier molecular flexibility index (Phi) is 6.29. The predicted octanol–water partition coefficient (Wildman–Crippen LogP) is 4.25. The Morgan fingerprint density at radius 2 is 1.43 bits per heavy atom. The van der Waals surface area contributed by atoms with Crippen molar-refractivity contribution >= 4 is 0 Å². The molecule has 112 valence electrons. The maximum absolute atomic E-state index is 5.71. The number of benzene rings is 2. The predicted molar refractivity (Wildman–Crippen MR) is 88.8 cm³/mol. The van der Waals surface area contributed by atoms with Gasteiger partial charge in [-0.1, -0.05) is 47.5 Å². The number of hydrogen-bond donors (Lipinski definition) is 1. The summed E-state index contributed by atoms with van der Waals surface area (Å²) in [5.74, 6) is 0.966. The minimum absolute atomic E-state index is 0.787. The van der Waals surface area contributed by atoms with Crippen LogP contribution >= 0.6 is 0 Å². The van der Waals surface area contributed by atoms with E-state index >= 15 is 0 Å². The minimum atomic E-state index is 0.787. The van der Waals surface area contributed by atoms with E-state index in [9.17, 15) is 0 Å². The van der Waals surface area contributed by atoms with E-state index in [1.54, 1.807) is 0 Å². The number of aryl methyl sites for hydroxylation is 2. The van der Waals surface area contributed by atoms with Gasteiger partial charge in [-0.05, 0) is 50.9 Å². The van der Waals surface area contributed by atoms with Gasteiger partial charge < -0.3 is 10.1 Å². The zero-order chi connectivity index (χ0) is 14.9. The van der Waals surface area contributed by atoms with E-state index in [-0.39, 0.29) is 0 Å².